The standard InChI is InChI=1S/C15H21N3O2/c19-14-5-3-4-13(16-14)15(20)18-10-6-12(7-11-18)17-8-1-2-9-17/h3-5,12H,1-2,6-11H2,(H,16,19). The molecule has 2 saturated heterocycles. The monoisotopic (exact) mass is 275 g/mol. The number of carbonyl (C=O) groups excluding carboxylic acids is 1. The first-order valence-electron chi connectivity index (χ1n) is 7.47. The number of amides is 1. The Morgan fingerprint density at radius 3 is 2.45 bits per heavy atom. The van der Waals surface area contributed by atoms with Crippen molar-refractivity contribution in [3.63, 3.8) is 0 Å². The topological polar surface area (TPSA) is 56.4 Å². The number of aromatic amines is 1. The third-order valence-corrected chi connectivity index (χ3v) is 4.41. The van der Waals surface area contributed by atoms with Crippen LogP contribution < -0.4 is 5.56 Å². The SMILES string of the molecule is O=C(c1cccc(=O)[nH]1)N1CCC(N2CCCC2)CC1. The molecule has 0 atom stereocenters. The Morgan fingerprint density at radius 2 is 1.80 bits per heavy atom. The van der Waals surface area contributed by atoms with Gasteiger partial charge in [-0.15, -0.1) is 0 Å². The summed E-state index contributed by atoms with van der Waals surface area (Å²) in [6.45, 7) is 4.00. The zero-order valence-corrected chi connectivity index (χ0v) is 11.7. The first-order chi connectivity index (χ1) is 9.74. The molecule has 0 unspecified atom stereocenters. The maximum absolute atomic E-state index is 12.3. The number of piperidine rings is 1. The summed E-state index contributed by atoms with van der Waals surface area (Å²) in [5, 5.41) is 0. The molecule has 0 saturated carbocycles. The van der Waals surface area contributed by atoms with E-state index in [1.54, 1.807) is 12.1 Å². The van der Waals surface area contributed by atoms with E-state index < -0.39 is 0 Å². The fraction of sp³-hybridized carbons (Fsp3) is 0.600. The molecule has 1 aromatic heterocycles. The first-order valence-corrected chi connectivity index (χ1v) is 7.47. The lowest BCUT2D eigenvalue weighted by Crippen LogP contribution is -2.46. The van der Waals surface area contributed by atoms with Gasteiger partial charge in [0, 0.05) is 25.2 Å². The minimum atomic E-state index is -0.220. The smallest absolute Gasteiger partial charge is 0.270 e. The summed E-state index contributed by atoms with van der Waals surface area (Å²) in [7, 11) is 0. The average molecular weight is 275 g/mol. The molecular weight excluding hydrogens is 254 g/mol. The Balaban J connectivity index is 1.60. The molecule has 0 aliphatic carbocycles. The lowest BCUT2D eigenvalue weighted by Gasteiger charge is -2.36. The molecule has 2 aliphatic heterocycles. The third-order valence-electron chi connectivity index (χ3n) is 4.41. The number of carbonyl (C=O) groups is 1. The molecule has 0 bridgehead atoms. The third kappa shape index (κ3) is 2.77. The molecule has 108 valence electrons. The van der Waals surface area contributed by atoms with Crippen LogP contribution in [0.5, 0.6) is 0 Å². The largest absolute Gasteiger partial charge is 0.337 e. The van der Waals surface area contributed by atoms with Crippen molar-refractivity contribution < 1.29 is 4.79 Å². The van der Waals surface area contributed by atoms with Crippen molar-refractivity contribution in [3.05, 3.63) is 34.2 Å². The van der Waals surface area contributed by atoms with Crippen LogP contribution in [0.15, 0.2) is 23.0 Å². The molecule has 20 heavy (non-hydrogen) atoms. The van der Waals surface area contributed by atoms with Crippen LogP contribution in [-0.4, -0.2) is 52.9 Å². The minimum Gasteiger partial charge on any atom is -0.337 e. The average Bonchev–Trinajstić information content (AvgIpc) is 3.01. The van der Waals surface area contributed by atoms with Gasteiger partial charge < -0.3 is 14.8 Å². The number of nitrogens with zero attached hydrogens (tertiary/aromatic N) is 2. The van der Waals surface area contributed by atoms with Crippen molar-refractivity contribution in [2.24, 2.45) is 0 Å². The highest BCUT2D eigenvalue weighted by Crippen LogP contribution is 2.21. The quantitative estimate of drug-likeness (QED) is 0.878. The van der Waals surface area contributed by atoms with Crippen LogP contribution in [0.4, 0.5) is 0 Å². The van der Waals surface area contributed by atoms with Crippen molar-refractivity contribution in [3.8, 4) is 0 Å². The van der Waals surface area contributed by atoms with Gasteiger partial charge in [0.2, 0.25) is 5.56 Å². The van der Waals surface area contributed by atoms with Gasteiger partial charge in [0.05, 0.1) is 0 Å². The van der Waals surface area contributed by atoms with Gasteiger partial charge in [-0.1, -0.05) is 6.07 Å². The Morgan fingerprint density at radius 1 is 1.10 bits per heavy atom. The van der Waals surface area contributed by atoms with Crippen molar-refractivity contribution in [2.45, 2.75) is 31.7 Å². The Kier molecular flexibility index (Phi) is 3.87. The van der Waals surface area contributed by atoms with Gasteiger partial charge in [-0.25, -0.2) is 0 Å². The van der Waals surface area contributed by atoms with Crippen LogP contribution in [-0.2, 0) is 0 Å². The molecule has 1 N–H and O–H groups in total. The fourth-order valence-corrected chi connectivity index (χ4v) is 3.28. The fourth-order valence-electron chi connectivity index (χ4n) is 3.28. The van der Waals surface area contributed by atoms with Gasteiger partial charge in [-0.05, 0) is 44.8 Å². The molecule has 0 aromatic carbocycles. The van der Waals surface area contributed by atoms with Gasteiger partial charge in [0.15, 0.2) is 0 Å². The van der Waals surface area contributed by atoms with Crippen LogP contribution in [0.3, 0.4) is 0 Å². The molecule has 1 amide bonds. The number of H-pyrrole nitrogens is 1. The predicted molar refractivity (Wildman–Crippen MR) is 76.8 cm³/mol. The maximum Gasteiger partial charge on any atom is 0.270 e. The van der Waals surface area contributed by atoms with E-state index >= 15 is 0 Å². The van der Waals surface area contributed by atoms with Crippen molar-refractivity contribution in [1.29, 1.82) is 0 Å². The molecule has 3 rings (SSSR count). The van der Waals surface area contributed by atoms with Crippen LogP contribution in [0.2, 0.25) is 0 Å². The van der Waals surface area contributed by atoms with Crippen LogP contribution in [0.25, 0.3) is 0 Å². The molecule has 0 spiro atoms. The Hall–Kier alpha value is -1.62. The van der Waals surface area contributed by atoms with Gasteiger partial charge in [-0.3, -0.25) is 9.59 Å². The Bertz CT molecular complexity index is 526. The highest BCUT2D eigenvalue weighted by molar-refractivity contribution is 5.92. The summed E-state index contributed by atoms with van der Waals surface area (Å²) in [5.74, 6) is -0.0532. The number of nitrogens with one attached hydrogen (secondary N) is 1. The van der Waals surface area contributed by atoms with E-state index in [0.29, 0.717) is 11.7 Å². The second-order valence-electron chi connectivity index (χ2n) is 5.70. The minimum absolute atomic E-state index is 0.0532. The van der Waals surface area contributed by atoms with E-state index in [2.05, 4.69) is 9.88 Å². The van der Waals surface area contributed by atoms with Crippen LogP contribution >= 0.6 is 0 Å². The molecule has 0 radical (unpaired) electrons. The van der Waals surface area contributed by atoms with E-state index in [0.717, 1.165) is 25.9 Å². The van der Waals surface area contributed by atoms with Crippen molar-refractivity contribution in [2.75, 3.05) is 26.2 Å². The lowest BCUT2D eigenvalue weighted by atomic mass is 10.0. The second kappa shape index (κ2) is 5.79. The summed E-state index contributed by atoms with van der Waals surface area (Å²) in [6, 6.07) is 5.37. The molecular formula is C15H21N3O2. The zero-order chi connectivity index (χ0) is 13.9. The van der Waals surface area contributed by atoms with E-state index in [1.165, 1.54) is 32.0 Å². The molecule has 5 nitrogen and oxygen atoms in total. The predicted octanol–water partition coefficient (Wildman–Crippen LogP) is 1.08. The highest BCUT2D eigenvalue weighted by atomic mass is 16.2. The van der Waals surface area contributed by atoms with Crippen molar-refractivity contribution >= 4 is 5.91 Å². The summed E-state index contributed by atoms with van der Waals surface area (Å²) in [5.41, 5.74) is 0.180. The van der Waals surface area contributed by atoms with E-state index in [4.69, 9.17) is 0 Å². The lowest BCUT2D eigenvalue weighted by molar-refractivity contribution is 0.0638. The summed E-state index contributed by atoms with van der Waals surface area (Å²) in [4.78, 5) is 30.6. The number of pyridine rings is 1. The van der Waals surface area contributed by atoms with Crippen LogP contribution in [0, 0.1) is 0 Å². The molecule has 2 fully saturated rings. The number of rotatable bonds is 2. The van der Waals surface area contributed by atoms with Crippen molar-refractivity contribution in [1.82, 2.24) is 14.8 Å². The van der Waals surface area contributed by atoms with Crippen LogP contribution in [0.1, 0.15) is 36.2 Å². The number of hydrogen-bond acceptors (Lipinski definition) is 3. The van der Waals surface area contributed by atoms with Gasteiger partial charge in [0.25, 0.3) is 5.91 Å². The van der Waals surface area contributed by atoms with Gasteiger partial charge in [-0.2, -0.15) is 0 Å². The molecule has 2 aliphatic rings. The highest BCUT2D eigenvalue weighted by Gasteiger charge is 2.28. The number of hydrogen-bond donors (Lipinski definition) is 1. The summed E-state index contributed by atoms with van der Waals surface area (Å²) in [6.07, 6.45) is 4.71. The van der Waals surface area contributed by atoms with Gasteiger partial charge in [0.1, 0.15) is 5.69 Å². The first kappa shape index (κ1) is 13.4. The van der Waals surface area contributed by atoms with E-state index in [-0.39, 0.29) is 11.5 Å². The molecule has 1 aromatic rings. The van der Waals surface area contributed by atoms with E-state index in [9.17, 15) is 9.59 Å². The Labute approximate surface area is 118 Å². The second-order valence-corrected chi connectivity index (χ2v) is 5.70. The number of likely N-dealkylation sites (tertiary alicyclic amines) is 2. The van der Waals surface area contributed by atoms with E-state index in [1.807, 2.05) is 4.90 Å². The summed E-state index contributed by atoms with van der Waals surface area (Å²) < 4.78 is 0. The van der Waals surface area contributed by atoms with Gasteiger partial charge >= 0.3 is 0 Å². The normalized spacial score (nSPS) is 21.3. The summed E-state index contributed by atoms with van der Waals surface area (Å²) >= 11 is 0. The maximum atomic E-state index is 12.3. The molecule has 3 heterocycles. The zero-order valence-electron chi connectivity index (χ0n) is 11.7. The molecule has 5 heteroatoms. The number of aromatic nitrogens is 1.